The normalized spacial score (nSPS) is 19.4. The van der Waals surface area contributed by atoms with Gasteiger partial charge in [0.15, 0.2) is 0 Å². The van der Waals surface area contributed by atoms with Gasteiger partial charge in [-0.2, -0.15) is 0 Å². The molecule has 1 atom stereocenters. The van der Waals surface area contributed by atoms with Crippen LogP contribution in [0.25, 0.3) is 10.9 Å². The Bertz CT molecular complexity index is 614. The van der Waals surface area contributed by atoms with Crippen LogP contribution in [0, 0.1) is 0 Å². The van der Waals surface area contributed by atoms with E-state index in [-0.39, 0.29) is 0 Å². The first-order valence-corrected chi connectivity index (χ1v) is 6.78. The monoisotopic (exact) mass is 256 g/mol. The van der Waals surface area contributed by atoms with Crippen LogP contribution in [0.15, 0.2) is 30.9 Å². The molecular formula is C16H20N2O. The van der Waals surface area contributed by atoms with Crippen LogP contribution in [0.3, 0.4) is 0 Å². The van der Waals surface area contributed by atoms with Gasteiger partial charge in [0, 0.05) is 41.8 Å². The Labute approximate surface area is 113 Å². The van der Waals surface area contributed by atoms with E-state index in [2.05, 4.69) is 35.5 Å². The van der Waals surface area contributed by atoms with Gasteiger partial charge in [-0.15, -0.1) is 6.58 Å². The van der Waals surface area contributed by atoms with Crippen molar-refractivity contribution in [2.75, 3.05) is 20.2 Å². The van der Waals surface area contributed by atoms with E-state index >= 15 is 0 Å². The van der Waals surface area contributed by atoms with Crippen LogP contribution in [-0.2, 0) is 6.42 Å². The molecular weight excluding hydrogens is 236 g/mol. The van der Waals surface area contributed by atoms with Crippen LogP contribution < -0.4 is 4.74 Å². The molecule has 3 rings (SSSR count). The molecule has 1 aliphatic heterocycles. The van der Waals surface area contributed by atoms with Crippen molar-refractivity contribution in [1.29, 1.82) is 0 Å². The minimum Gasteiger partial charge on any atom is -0.497 e. The van der Waals surface area contributed by atoms with Gasteiger partial charge in [0.25, 0.3) is 0 Å². The van der Waals surface area contributed by atoms with Crippen molar-refractivity contribution in [1.82, 2.24) is 9.88 Å². The lowest BCUT2D eigenvalue weighted by molar-refractivity contribution is 0.218. The van der Waals surface area contributed by atoms with Gasteiger partial charge in [0.1, 0.15) is 5.75 Å². The van der Waals surface area contributed by atoms with Crippen LogP contribution in [0.4, 0.5) is 0 Å². The number of benzene rings is 1. The highest BCUT2D eigenvalue weighted by atomic mass is 16.5. The van der Waals surface area contributed by atoms with Gasteiger partial charge in [-0.3, -0.25) is 4.90 Å². The van der Waals surface area contributed by atoms with Crippen LogP contribution in [0.5, 0.6) is 5.75 Å². The van der Waals surface area contributed by atoms with Crippen LogP contribution >= 0.6 is 0 Å². The summed E-state index contributed by atoms with van der Waals surface area (Å²) in [6.07, 6.45) is 3.08. The second-order valence-corrected chi connectivity index (χ2v) is 5.14. The van der Waals surface area contributed by atoms with Gasteiger partial charge in [-0.1, -0.05) is 6.08 Å². The first kappa shape index (κ1) is 12.3. The van der Waals surface area contributed by atoms with Crippen molar-refractivity contribution >= 4 is 10.9 Å². The number of hydrogen-bond donors (Lipinski definition) is 1. The number of hydrogen-bond acceptors (Lipinski definition) is 2. The molecule has 19 heavy (non-hydrogen) atoms. The van der Waals surface area contributed by atoms with Crippen molar-refractivity contribution in [3.63, 3.8) is 0 Å². The predicted octanol–water partition coefficient (Wildman–Crippen LogP) is 3.28. The molecule has 0 saturated carbocycles. The standard InChI is InChI=1S/C16H20N2O/c1-4-8-18-9-7-14-13-6-5-12(19-3)10-15(13)17-16(14)11(18)2/h4-6,10-11,17H,1,7-9H2,2-3H3. The lowest BCUT2D eigenvalue weighted by Crippen LogP contribution is -2.33. The summed E-state index contributed by atoms with van der Waals surface area (Å²) in [5, 5.41) is 1.33. The van der Waals surface area contributed by atoms with E-state index in [4.69, 9.17) is 4.74 Å². The molecule has 0 bridgehead atoms. The molecule has 3 heteroatoms. The van der Waals surface area contributed by atoms with Gasteiger partial charge in [0.05, 0.1) is 7.11 Å². The van der Waals surface area contributed by atoms with Gasteiger partial charge in [-0.05, 0) is 31.0 Å². The first-order valence-electron chi connectivity index (χ1n) is 6.78. The topological polar surface area (TPSA) is 28.3 Å². The second kappa shape index (κ2) is 4.74. The fraction of sp³-hybridized carbons (Fsp3) is 0.375. The maximum Gasteiger partial charge on any atom is 0.120 e. The van der Waals surface area contributed by atoms with E-state index in [9.17, 15) is 0 Å². The van der Waals surface area contributed by atoms with Crippen LogP contribution in [0.1, 0.15) is 24.2 Å². The molecule has 0 amide bonds. The first-order chi connectivity index (χ1) is 9.24. The summed E-state index contributed by atoms with van der Waals surface area (Å²) in [6.45, 7) is 8.14. The summed E-state index contributed by atoms with van der Waals surface area (Å²) in [5.74, 6) is 0.904. The minimum atomic E-state index is 0.417. The van der Waals surface area contributed by atoms with Crippen LogP contribution in [-0.4, -0.2) is 30.1 Å². The summed E-state index contributed by atoms with van der Waals surface area (Å²) < 4.78 is 5.30. The smallest absolute Gasteiger partial charge is 0.120 e. The van der Waals surface area contributed by atoms with Crippen molar-refractivity contribution in [2.24, 2.45) is 0 Å². The lowest BCUT2D eigenvalue weighted by atomic mass is 9.98. The number of nitrogens with one attached hydrogen (secondary N) is 1. The molecule has 1 aromatic heterocycles. The molecule has 0 fully saturated rings. The fourth-order valence-electron chi connectivity index (χ4n) is 3.06. The van der Waals surface area contributed by atoms with Crippen molar-refractivity contribution in [2.45, 2.75) is 19.4 Å². The Morgan fingerprint density at radius 2 is 2.37 bits per heavy atom. The molecule has 2 aromatic rings. The van der Waals surface area contributed by atoms with E-state index in [1.165, 1.54) is 22.2 Å². The Balaban J connectivity index is 2.07. The molecule has 0 spiro atoms. The highest BCUT2D eigenvalue weighted by molar-refractivity contribution is 5.86. The van der Waals surface area contributed by atoms with E-state index in [1.807, 2.05) is 12.1 Å². The third-order valence-corrected chi connectivity index (χ3v) is 4.12. The summed E-state index contributed by atoms with van der Waals surface area (Å²) in [6, 6.07) is 6.70. The Morgan fingerprint density at radius 3 is 3.11 bits per heavy atom. The van der Waals surface area contributed by atoms with Crippen molar-refractivity contribution in [3.8, 4) is 5.75 Å². The number of aromatic amines is 1. The second-order valence-electron chi connectivity index (χ2n) is 5.14. The highest BCUT2D eigenvalue weighted by Gasteiger charge is 2.26. The molecule has 1 unspecified atom stereocenters. The van der Waals surface area contributed by atoms with Gasteiger partial charge in [0.2, 0.25) is 0 Å². The minimum absolute atomic E-state index is 0.417. The van der Waals surface area contributed by atoms with E-state index in [0.717, 1.165) is 25.3 Å². The van der Waals surface area contributed by atoms with E-state index < -0.39 is 0 Å². The van der Waals surface area contributed by atoms with Gasteiger partial charge >= 0.3 is 0 Å². The molecule has 3 nitrogen and oxygen atoms in total. The summed E-state index contributed by atoms with van der Waals surface area (Å²) in [7, 11) is 1.71. The van der Waals surface area contributed by atoms with Crippen LogP contribution in [0.2, 0.25) is 0 Å². The Hall–Kier alpha value is -1.74. The van der Waals surface area contributed by atoms with Crippen molar-refractivity contribution in [3.05, 3.63) is 42.1 Å². The highest BCUT2D eigenvalue weighted by Crippen LogP contribution is 2.35. The molecule has 0 saturated heterocycles. The maximum atomic E-state index is 5.30. The average molecular weight is 256 g/mol. The molecule has 0 radical (unpaired) electrons. The quantitative estimate of drug-likeness (QED) is 0.854. The number of ether oxygens (including phenoxy) is 1. The zero-order chi connectivity index (χ0) is 13.4. The number of methoxy groups -OCH3 is 1. The van der Waals surface area contributed by atoms with E-state index in [0.29, 0.717) is 6.04 Å². The Morgan fingerprint density at radius 1 is 1.53 bits per heavy atom. The number of fused-ring (bicyclic) bond motifs is 3. The van der Waals surface area contributed by atoms with Gasteiger partial charge in [-0.25, -0.2) is 0 Å². The zero-order valence-electron chi connectivity index (χ0n) is 11.6. The fourth-order valence-corrected chi connectivity index (χ4v) is 3.06. The van der Waals surface area contributed by atoms with E-state index in [1.54, 1.807) is 7.11 Å². The number of nitrogens with zero attached hydrogens (tertiary/aromatic N) is 1. The lowest BCUT2D eigenvalue weighted by Gasteiger charge is -2.32. The summed E-state index contributed by atoms with van der Waals surface area (Å²) >= 11 is 0. The molecule has 1 aromatic carbocycles. The molecule has 1 aliphatic rings. The predicted molar refractivity (Wildman–Crippen MR) is 78.7 cm³/mol. The molecule has 2 heterocycles. The van der Waals surface area contributed by atoms with Gasteiger partial charge < -0.3 is 9.72 Å². The third kappa shape index (κ3) is 1.94. The maximum absolute atomic E-state index is 5.30. The number of rotatable bonds is 3. The number of aromatic nitrogens is 1. The SMILES string of the molecule is C=CCN1CCc2c([nH]c3cc(OC)ccc23)C1C. The molecule has 0 aliphatic carbocycles. The summed E-state index contributed by atoms with van der Waals surface area (Å²) in [4.78, 5) is 6.02. The Kier molecular flexibility index (Phi) is 3.07. The summed E-state index contributed by atoms with van der Waals surface area (Å²) in [5.41, 5.74) is 3.98. The molecule has 1 N–H and O–H groups in total. The third-order valence-electron chi connectivity index (χ3n) is 4.12. The molecule has 100 valence electrons. The average Bonchev–Trinajstić information content (AvgIpc) is 2.80. The number of H-pyrrole nitrogens is 1. The van der Waals surface area contributed by atoms with Crippen molar-refractivity contribution < 1.29 is 4.74 Å². The zero-order valence-corrected chi connectivity index (χ0v) is 11.6. The largest absolute Gasteiger partial charge is 0.497 e.